The Bertz CT molecular complexity index is 893. The molecule has 4 rings (SSSR count). The van der Waals surface area contributed by atoms with E-state index in [2.05, 4.69) is 81.2 Å². The number of likely N-dealkylation sites (N-methyl/N-ethyl adjacent to an activating group) is 1. The van der Waals surface area contributed by atoms with E-state index >= 15 is 0 Å². The first-order valence-electron chi connectivity index (χ1n) is 9.33. The van der Waals surface area contributed by atoms with Gasteiger partial charge in [0.25, 0.3) is 0 Å². The predicted molar refractivity (Wildman–Crippen MR) is 104 cm³/mol. The molecular weight excluding hydrogens is 324 g/mol. The van der Waals surface area contributed by atoms with Gasteiger partial charge < -0.3 is 9.47 Å². The van der Waals surface area contributed by atoms with Crippen LogP contribution in [-0.2, 0) is 13.6 Å². The molecule has 1 fully saturated rings. The third-order valence-electron chi connectivity index (χ3n) is 5.65. The maximum absolute atomic E-state index is 4.61. The number of benzene rings is 1. The molecule has 3 heterocycles. The molecule has 1 aliphatic heterocycles. The molecule has 0 amide bonds. The van der Waals surface area contributed by atoms with Gasteiger partial charge in [-0.05, 0) is 45.6 Å². The third kappa shape index (κ3) is 3.15. The second-order valence-corrected chi connectivity index (χ2v) is 7.72. The molecule has 0 aliphatic carbocycles. The number of fused-ring (bicyclic) bond motifs is 1. The largest absolute Gasteiger partial charge is 0.350 e. The van der Waals surface area contributed by atoms with Gasteiger partial charge in [0.05, 0.1) is 0 Å². The smallest absolute Gasteiger partial charge is 0.155 e. The summed E-state index contributed by atoms with van der Waals surface area (Å²) in [5.41, 5.74) is 2.71. The molecule has 0 spiro atoms. The molecule has 1 aromatic carbocycles. The number of aromatic nitrogens is 4. The average Bonchev–Trinajstić information content (AvgIpc) is 3.19. The van der Waals surface area contributed by atoms with E-state index in [0.29, 0.717) is 12.0 Å². The van der Waals surface area contributed by atoms with E-state index in [1.165, 1.54) is 16.5 Å². The summed E-state index contributed by atoms with van der Waals surface area (Å²) in [6.45, 7) is 5.07. The van der Waals surface area contributed by atoms with E-state index in [-0.39, 0.29) is 0 Å². The van der Waals surface area contributed by atoms with Crippen molar-refractivity contribution in [2.24, 2.45) is 7.05 Å². The molecule has 1 N–H and O–H groups in total. The molecule has 1 saturated heterocycles. The minimum Gasteiger partial charge on any atom is -0.350 e. The minimum atomic E-state index is 0.388. The summed E-state index contributed by atoms with van der Waals surface area (Å²) in [4.78, 5) is 9.50. The topological polar surface area (TPSA) is 53.0 Å². The van der Waals surface area contributed by atoms with Crippen LogP contribution in [0.5, 0.6) is 0 Å². The maximum Gasteiger partial charge on any atom is 0.155 e. The Morgan fingerprint density at radius 2 is 2.08 bits per heavy atom. The number of aromatic amines is 1. The molecule has 6 heteroatoms. The molecule has 0 unspecified atom stereocenters. The second kappa shape index (κ2) is 6.85. The van der Waals surface area contributed by atoms with Gasteiger partial charge in [-0.1, -0.05) is 18.2 Å². The van der Waals surface area contributed by atoms with Gasteiger partial charge in [-0.3, -0.25) is 10.00 Å². The lowest BCUT2D eigenvalue weighted by molar-refractivity contribution is 0.105. The number of hydrogen-bond acceptors (Lipinski definition) is 4. The highest BCUT2D eigenvalue weighted by Crippen LogP contribution is 2.30. The Labute approximate surface area is 154 Å². The Hall–Kier alpha value is -2.18. The number of aryl methyl sites for hydroxylation is 2. The summed E-state index contributed by atoms with van der Waals surface area (Å²) in [5, 5.41) is 8.81. The van der Waals surface area contributed by atoms with Crippen LogP contribution >= 0.6 is 0 Å². The quantitative estimate of drug-likeness (QED) is 0.784. The molecular formula is C20H28N6. The zero-order chi connectivity index (χ0) is 18.3. The van der Waals surface area contributed by atoms with Crippen LogP contribution < -0.4 is 0 Å². The highest BCUT2D eigenvalue weighted by atomic mass is 15.3. The van der Waals surface area contributed by atoms with Gasteiger partial charge >= 0.3 is 0 Å². The van der Waals surface area contributed by atoms with Gasteiger partial charge in [-0.25, -0.2) is 4.98 Å². The molecule has 3 aromatic rings. The Balaban J connectivity index is 1.54. The Kier molecular flexibility index (Phi) is 4.54. The van der Waals surface area contributed by atoms with E-state index in [1.54, 1.807) is 0 Å². The van der Waals surface area contributed by atoms with Crippen molar-refractivity contribution >= 4 is 10.9 Å². The van der Waals surface area contributed by atoms with Crippen molar-refractivity contribution in [3.8, 4) is 0 Å². The normalized spacial score (nSPS) is 21.7. The van der Waals surface area contributed by atoms with Crippen molar-refractivity contribution < 1.29 is 0 Å². The van der Waals surface area contributed by atoms with Gasteiger partial charge in [-0.15, -0.1) is 0 Å². The Morgan fingerprint density at radius 3 is 2.81 bits per heavy atom. The third-order valence-corrected chi connectivity index (χ3v) is 5.65. The van der Waals surface area contributed by atoms with Crippen LogP contribution in [-0.4, -0.2) is 62.8 Å². The van der Waals surface area contributed by atoms with Crippen molar-refractivity contribution in [3.63, 3.8) is 0 Å². The number of nitrogens with zero attached hydrogens (tertiary/aromatic N) is 5. The first-order chi connectivity index (χ1) is 12.5. The summed E-state index contributed by atoms with van der Waals surface area (Å²) in [6, 6.07) is 9.09. The van der Waals surface area contributed by atoms with Crippen LogP contribution in [0.4, 0.5) is 0 Å². The molecule has 0 saturated carbocycles. The number of hydrogen-bond donors (Lipinski definition) is 1. The van der Waals surface area contributed by atoms with E-state index in [1.807, 2.05) is 6.92 Å². The van der Waals surface area contributed by atoms with Crippen LogP contribution in [0.15, 0.2) is 30.5 Å². The van der Waals surface area contributed by atoms with E-state index in [9.17, 15) is 0 Å². The molecule has 2 aromatic heterocycles. The fourth-order valence-corrected chi connectivity index (χ4v) is 4.28. The van der Waals surface area contributed by atoms with Gasteiger partial charge in [0.2, 0.25) is 0 Å². The van der Waals surface area contributed by atoms with Crippen LogP contribution in [0.2, 0.25) is 0 Å². The van der Waals surface area contributed by atoms with Crippen molar-refractivity contribution in [2.45, 2.75) is 31.8 Å². The number of para-hydroxylation sites is 1. The molecule has 2 atom stereocenters. The number of rotatable bonds is 4. The van der Waals surface area contributed by atoms with Gasteiger partial charge in [0.1, 0.15) is 5.82 Å². The Morgan fingerprint density at radius 1 is 1.27 bits per heavy atom. The van der Waals surface area contributed by atoms with E-state index < -0.39 is 0 Å². The standard InChI is InChI=1S/C20H28N6/c1-14-21-20(23-22-14)17-9-10-26(13-19(17)24(2)3)12-15-11-25(4)18-8-6-5-7-16(15)18/h5-8,11,17,19H,9-10,12-13H2,1-4H3,(H,21,22,23)/t17-,19+/m0/s1. The predicted octanol–water partition coefficient (Wildman–Crippen LogP) is 2.52. The number of H-pyrrole nitrogens is 1. The highest BCUT2D eigenvalue weighted by molar-refractivity contribution is 5.83. The van der Waals surface area contributed by atoms with Crippen LogP contribution in [0.3, 0.4) is 0 Å². The molecule has 6 nitrogen and oxygen atoms in total. The molecule has 1 aliphatic rings. The van der Waals surface area contributed by atoms with Crippen LogP contribution in [0, 0.1) is 6.92 Å². The summed E-state index contributed by atoms with van der Waals surface area (Å²) in [5.74, 6) is 2.25. The lowest BCUT2D eigenvalue weighted by atomic mass is 9.89. The second-order valence-electron chi connectivity index (χ2n) is 7.72. The van der Waals surface area contributed by atoms with Crippen molar-refractivity contribution in [2.75, 3.05) is 27.2 Å². The number of nitrogens with one attached hydrogen (secondary N) is 1. The summed E-state index contributed by atoms with van der Waals surface area (Å²) in [6.07, 6.45) is 3.37. The first-order valence-corrected chi connectivity index (χ1v) is 9.33. The van der Waals surface area contributed by atoms with Crippen molar-refractivity contribution in [3.05, 3.63) is 47.7 Å². The molecule has 0 radical (unpaired) electrons. The van der Waals surface area contributed by atoms with Crippen LogP contribution in [0.25, 0.3) is 10.9 Å². The zero-order valence-electron chi connectivity index (χ0n) is 16.1. The molecule has 0 bridgehead atoms. The maximum atomic E-state index is 4.61. The fourth-order valence-electron chi connectivity index (χ4n) is 4.28. The monoisotopic (exact) mass is 352 g/mol. The fraction of sp³-hybridized carbons (Fsp3) is 0.500. The lowest BCUT2D eigenvalue weighted by Crippen LogP contribution is -2.49. The van der Waals surface area contributed by atoms with E-state index in [0.717, 1.165) is 37.7 Å². The molecule has 26 heavy (non-hydrogen) atoms. The van der Waals surface area contributed by atoms with Gasteiger partial charge in [0.15, 0.2) is 5.82 Å². The number of piperidine rings is 1. The summed E-state index contributed by atoms with van der Waals surface area (Å²) < 4.78 is 2.23. The van der Waals surface area contributed by atoms with Crippen molar-refractivity contribution in [1.29, 1.82) is 0 Å². The van der Waals surface area contributed by atoms with E-state index in [4.69, 9.17) is 0 Å². The zero-order valence-corrected chi connectivity index (χ0v) is 16.1. The molecule has 138 valence electrons. The average molecular weight is 352 g/mol. The first kappa shape index (κ1) is 17.2. The lowest BCUT2D eigenvalue weighted by Gasteiger charge is -2.40. The SMILES string of the molecule is Cc1nc([C@H]2CCN(Cc3cn(C)c4ccccc34)C[C@H]2N(C)C)n[nH]1. The summed E-state index contributed by atoms with van der Waals surface area (Å²) >= 11 is 0. The van der Waals surface area contributed by atoms with Crippen molar-refractivity contribution in [1.82, 2.24) is 29.5 Å². The highest BCUT2D eigenvalue weighted by Gasteiger charge is 2.34. The van der Waals surface area contributed by atoms with Gasteiger partial charge in [-0.2, -0.15) is 5.10 Å². The number of likely N-dealkylation sites (tertiary alicyclic amines) is 1. The summed E-state index contributed by atoms with van der Waals surface area (Å²) in [7, 11) is 6.46. The minimum absolute atomic E-state index is 0.388. The van der Waals surface area contributed by atoms with Crippen LogP contribution in [0.1, 0.15) is 29.6 Å². The van der Waals surface area contributed by atoms with Gasteiger partial charge in [0, 0.05) is 49.2 Å².